The maximum absolute atomic E-state index is 13.4. The lowest BCUT2D eigenvalue weighted by Gasteiger charge is -2.45. The second-order valence-electron chi connectivity index (χ2n) is 6.71. The van der Waals surface area contributed by atoms with Crippen LogP contribution in [0.1, 0.15) is 11.5 Å². The van der Waals surface area contributed by atoms with Crippen LogP contribution >= 0.6 is 0 Å². The molecule has 0 amide bonds. The molecule has 1 aliphatic carbocycles. The fraction of sp³-hybridized carbons (Fsp3) is 0.368. The molecule has 0 radical (unpaired) electrons. The van der Waals surface area contributed by atoms with Crippen LogP contribution in [-0.2, 0) is 0 Å². The molecule has 1 heterocycles. The van der Waals surface area contributed by atoms with Gasteiger partial charge in [0, 0.05) is 11.8 Å². The van der Waals surface area contributed by atoms with Gasteiger partial charge in [0.25, 0.3) is 0 Å². The summed E-state index contributed by atoms with van der Waals surface area (Å²) in [6.07, 6.45) is 1.96. The Bertz CT molecular complexity index is 851. The second-order valence-corrected chi connectivity index (χ2v) is 6.71. The number of nitrogens with one attached hydrogen (secondary N) is 2. The molecule has 6 heteroatoms. The third-order valence-electron chi connectivity index (χ3n) is 5.31. The van der Waals surface area contributed by atoms with Gasteiger partial charge in [0.2, 0.25) is 0 Å². The quantitative estimate of drug-likeness (QED) is 0.754. The second kappa shape index (κ2) is 6.13. The Morgan fingerprint density at radius 3 is 2.40 bits per heavy atom. The number of likely N-dealkylation sites (N-methyl/N-ethyl adjacent to an activating group) is 1. The normalized spacial score (nSPS) is 30.2. The summed E-state index contributed by atoms with van der Waals surface area (Å²) in [6, 6.07) is 11.9. The van der Waals surface area contributed by atoms with Gasteiger partial charge in [0.05, 0.1) is 44.1 Å². The van der Waals surface area contributed by atoms with Gasteiger partial charge in [0.1, 0.15) is 11.7 Å². The Morgan fingerprint density at radius 1 is 1.20 bits per heavy atom. The van der Waals surface area contributed by atoms with Crippen LogP contribution in [0.15, 0.2) is 35.9 Å². The predicted octanol–water partition coefficient (Wildman–Crippen LogP) is 1.19. The minimum Gasteiger partial charge on any atom is -0.334 e. The Kier molecular flexibility index (Phi) is 4.13. The van der Waals surface area contributed by atoms with Crippen LogP contribution in [0.4, 0.5) is 4.39 Å². The minimum atomic E-state index is -1.72. The minimum absolute atomic E-state index is 0.170. The fourth-order valence-electron chi connectivity index (χ4n) is 4.10. The molecule has 1 aromatic carbocycles. The third kappa shape index (κ3) is 2.41. The monoisotopic (exact) mass is 334 g/mol. The zero-order chi connectivity index (χ0) is 18.2. The third-order valence-corrected chi connectivity index (χ3v) is 5.31. The van der Waals surface area contributed by atoms with E-state index in [0.29, 0.717) is 12.1 Å². The lowest BCUT2D eigenvalue weighted by Crippen LogP contribution is -3.10. The highest BCUT2D eigenvalue weighted by Crippen LogP contribution is 2.52. The highest BCUT2D eigenvalue weighted by Gasteiger charge is 2.58. The summed E-state index contributed by atoms with van der Waals surface area (Å²) in [4.78, 5) is 1.20. The SMILES string of the molecule is C[NH+]1CC=C2C(C#N)C(=N)C(C#N)(C#N)[C@H](c3ccc(F)cc3)[C@@H]2C1. The first-order chi connectivity index (χ1) is 12.0. The van der Waals surface area contributed by atoms with E-state index in [2.05, 4.69) is 6.07 Å². The van der Waals surface area contributed by atoms with Crippen molar-refractivity contribution < 1.29 is 9.29 Å². The molecular formula is C19H17FN5+. The number of quaternary nitrogens is 1. The van der Waals surface area contributed by atoms with Gasteiger partial charge in [-0.1, -0.05) is 12.1 Å². The molecule has 0 aromatic heterocycles. The molecule has 3 rings (SSSR count). The average molecular weight is 334 g/mol. The fourth-order valence-corrected chi connectivity index (χ4v) is 4.10. The molecule has 2 unspecified atom stereocenters. The highest BCUT2D eigenvalue weighted by atomic mass is 19.1. The Morgan fingerprint density at radius 2 is 1.84 bits per heavy atom. The van der Waals surface area contributed by atoms with Gasteiger partial charge in [0.15, 0.2) is 5.41 Å². The maximum Gasteiger partial charge on any atom is 0.189 e. The summed E-state index contributed by atoms with van der Waals surface area (Å²) in [7, 11) is 2.01. The Hall–Kier alpha value is -3.01. The van der Waals surface area contributed by atoms with E-state index >= 15 is 0 Å². The van der Waals surface area contributed by atoms with Gasteiger partial charge in [-0.15, -0.1) is 0 Å². The molecule has 2 aliphatic rings. The lowest BCUT2D eigenvalue weighted by molar-refractivity contribution is -0.878. The summed E-state index contributed by atoms with van der Waals surface area (Å²) >= 11 is 0. The largest absolute Gasteiger partial charge is 0.334 e. The molecule has 25 heavy (non-hydrogen) atoms. The van der Waals surface area contributed by atoms with Crippen molar-refractivity contribution in [3.63, 3.8) is 0 Å². The van der Waals surface area contributed by atoms with Crippen LogP contribution in [0.5, 0.6) is 0 Å². The molecule has 0 bridgehead atoms. The van der Waals surface area contributed by atoms with E-state index in [9.17, 15) is 20.2 Å². The molecule has 1 saturated carbocycles. The summed E-state index contributed by atoms with van der Waals surface area (Å²) < 4.78 is 13.4. The van der Waals surface area contributed by atoms with Crippen LogP contribution < -0.4 is 4.90 Å². The summed E-state index contributed by atoms with van der Waals surface area (Å²) in [6.45, 7) is 1.39. The first-order valence-corrected chi connectivity index (χ1v) is 8.06. The van der Waals surface area contributed by atoms with Crippen molar-refractivity contribution in [1.29, 1.82) is 21.2 Å². The molecule has 1 aliphatic heterocycles. The van der Waals surface area contributed by atoms with Crippen LogP contribution in [0.25, 0.3) is 0 Å². The number of nitriles is 3. The Balaban J connectivity index is 2.25. The van der Waals surface area contributed by atoms with Gasteiger partial charge in [-0.3, -0.25) is 0 Å². The van der Waals surface area contributed by atoms with Crippen molar-refractivity contribution >= 4 is 5.71 Å². The number of nitrogens with zero attached hydrogens (tertiary/aromatic N) is 3. The van der Waals surface area contributed by atoms with E-state index in [1.165, 1.54) is 17.0 Å². The topological polar surface area (TPSA) is 99.7 Å². The van der Waals surface area contributed by atoms with E-state index in [0.717, 1.165) is 12.1 Å². The molecule has 0 saturated heterocycles. The maximum atomic E-state index is 13.4. The molecule has 1 fully saturated rings. The van der Waals surface area contributed by atoms with E-state index in [1.54, 1.807) is 12.1 Å². The van der Waals surface area contributed by atoms with Crippen LogP contribution in [-0.4, -0.2) is 25.8 Å². The smallest absolute Gasteiger partial charge is 0.189 e. The molecule has 1 aromatic rings. The highest BCUT2D eigenvalue weighted by molar-refractivity contribution is 6.00. The van der Waals surface area contributed by atoms with Crippen molar-refractivity contribution in [2.24, 2.45) is 17.3 Å². The molecular weight excluding hydrogens is 317 g/mol. The van der Waals surface area contributed by atoms with Gasteiger partial charge in [-0.2, -0.15) is 15.8 Å². The van der Waals surface area contributed by atoms with Crippen LogP contribution in [0, 0.1) is 62.5 Å². The van der Waals surface area contributed by atoms with Crippen molar-refractivity contribution in [2.75, 3.05) is 20.1 Å². The number of hydrogen-bond donors (Lipinski definition) is 2. The molecule has 4 atom stereocenters. The molecule has 2 N–H and O–H groups in total. The predicted molar refractivity (Wildman–Crippen MR) is 87.8 cm³/mol. The van der Waals surface area contributed by atoms with Gasteiger partial charge in [-0.05, 0) is 29.3 Å². The number of halogens is 1. The van der Waals surface area contributed by atoms with Crippen molar-refractivity contribution in [1.82, 2.24) is 0 Å². The van der Waals surface area contributed by atoms with Crippen molar-refractivity contribution in [3.05, 3.63) is 47.3 Å². The standard InChI is InChI=1S/C19H16FN5/c1-25-7-6-14-15(8-21)18(24)19(10-22,11-23)17(16(14)9-25)12-2-4-13(20)5-3-12/h2-6,15-17,24H,7,9H2,1H3/p+1/t15?,16-,17-/m1/s1. The number of fused-ring (bicyclic) bond motifs is 1. The summed E-state index contributed by atoms with van der Waals surface area (Å²) in [5.74, 6) is -2.06. The molecule has 0 spiro atoms. The van der Waals surface area contributed by atoms with E-state index in [-0.39, 0.29) is 11.6 Å². The number of hydrogen-bond acceptors (Lipinski definition) is 4. The zero-order valence-corrected chi connectivity index (χ0v) is 13.8. The van der Waals surface area contributed by atoms with Crippen LogP contribution in [0.2, 0.25) is 0 Å². The van der Waals surface area contributed by atoms with Crippen molar-refractivity contribution in [3.8, 4) is 18.2 Å². The van der Waals surface area contributed by atoms with Gasteiger partial charge in [-0.25, -0.2) is 4.39 Å². The van der Waals surface area contributed by atoms with Crippen LogP contribution in [0.3, 0.4) is 0 Å². The molecule has 124 valence electrons. The van der Waals surface area contributed by atoms with Gasteiger partial charge >= 0.3 is 0 Å². The first kappa shape index (κ1) is 16.8. The number of rotatable bonds is 1. The first-order valence-electron chi connectivity index (χ1n) is 8.06. The van der Waals surface area contributed by atoms with Crippen molar-refractivity contribution in [2.45, 2.75) is 5.92 Å². The van der Waals surface area contributed by atoms with Gasteiger partial charge < -0.3 is 10.3 Å². The van der Waals surface area contributed by atoms with E-state index in [1.807, 2.05) is 25.3 Å². The summed E-state index contributed by atoms with van der Waals surface area (Å²) in [5.41, 5.74) is -0.432. The zero-order valence-electron chi connectivity index (χ0n) is 13.8. The lowest BCUT2D eigenvalue weighted by atomic mass is 9.54. The Labute approximate surface area is 145 Å². The average Bonchev–Trinajstić information content (AvgIpc) is 2.62. The molecule has 5 nitrogen and oxygen atoms in total. The van der Waals surface area contributed by atoms with E-state index < -0.39 is 23.1 Å². The summed E-state index contributed by atoms with van der Waals surface area (Å²) in [5, 5.41) is 37.7. The van der Waals surface area contributed by atoms with E-state index in [4.69, 9.17) is 5.41 Å². The number of benzene rings is 1.